The van der Waals surface area contributed by atoms with Gasteiger partial charge < -0.3 is 10.2 Å². The molecule has 1 unspecified atom stereocenters. The van der Waals surface area contributed by atoms with E-state index in [0.29, 0.717) is 11.9 Å². The van der Waals surface area contributed by atoms with Crippen molar-refractivity contribution in [1.29, 1.82) is 0 Å². The van der Waals surface area contributed by atoms with Crippen molar-refractivity contribution in [3.8, 4) is 0 Å². The fourth-order valence-corrected chi connectivity index (χ4v) is 4.55. The first-order chi connectivity index (χ1) is 9.65. The highest BCUT2D eigenvalue weighted by Crippen LogP contribution is 2.39. The molecule has 110 valence electrons. The molecule has 0 spiro atoms. The van der Waals surface area contributed by atoms with E-state index in [1.807, 2.05) is 11.3 Å². The molecule has 4 heteroatoms. The number of nitrogens with zero attached hydrogens (tertiary/aromatic N) is 1. The van der Waals surface area contributed by atoms with Gasteiger partial charge in [0.2, 0.25) is 5.91 Å². The van der Waals surface area contributed by atoms with Crippen LogP contribution in [-0.4, -0.2) is 30.4 Å². The number of amides is 1. The van der Waals surface area contributed by atoms with Crippen LogP contribution in [0.3, 0.4) is 0 Å². The van der Waals surface area contributed by atoms with Gasteiger partial charge in [0.25, 0.3) is 0 Å². The Morgan fingerprint density at radius 3 is 2.95 bits per heavy atom. The second kappa shape index (κ2) is 5.49. The lowest BCUT2D eigenvalue weighted by molar-refractivity contribution is -0.146. The van der Waals surface area contributed by atoms with Crippen LogP contribution in [0.5, 0.6) is 0 Å². The zero-order valence-corrected chi connectivity index (χ0v) is 13.3. The second-order valence-electron chi connectivity index (χ2n) is 6.28. The third kappa shape index (κ3) is 2.29. The lowest BCUT2D eigenvalue weighted by Crippen LogP contribution is -2.50. The molecule has 3 rings (SSSR count). The van der Waals surface area contributed by atoms with Gasteiger partial charge in [-0.15, -0.1) is 11.3 Å². The van der Waals surface area contributed by atoms with Crippen molar-refractivity contribution in [3.63, 3.8) is 0 Å². The monoisotopic (exact) mass is 292 g/mol. The molecule has 0 aromatic carbocycles. The summed E-state index contributed by atoms with van der Waals surface area (Å²) in [5.74, 6) is 0.378. The highest BCUT2D eigenvalue weighted by atomic mass is 32.1. The fourth-order valence-electron chi connectivity index (χ4n) is 3.62. The second-order valence-corrected chi connectivity index (χ2v) is 7.28. The molecule has 1 aromatic heterocycles. The molecule has 0 bridgehead atoms. The van der Waals surface area contributed by atoms with E-state index in [-0.39, 0.29) is 5.41 Å². The number of carbonyl (C=O) groups is 1. The molecule has 0 radical (unpaired) electrons. The van der Waals surface area contributed by atoms with Gasteiger partial charge in [-0.3, -0.25) is 4.79 Å². The summed E-state index contributed by atoms with van der Waals surface area (Å²) in [6, 6.07) is 2.52. The molecule has 0 aliphatic carbocycles. The predicted molar refractivity (Wildman–Crippen MR) is 83.0 cm³/mol. The van der Waals surface area contributed by atoms with Gasteiger partial charge in [-0.05, 0) is 55.8 Å². The number of thiophene rings is 1. The summed E-state index contributed by atoms with van der Waals surface area (Å²) in [6.45, 7) is 7.19. The van der Waals surface area contributed by atoms with Crippen LogP contribution in [0, 0.1) is 5.41 Å². The quantitative estimate of drug-likeness (QED) is 0.909. The van der Waals surface area contributed by atoms with E-state index in [1.54, 1.807) is 0 Å². The van der Waals surface area contributed by atoms with E-state index in [4.69, 9.17) is 0 Å². The Balaban J connectivity index is 1.84. The third-order valence-electron chi connectivity index (χ3n) is 4.97. The van der Waals surface area contributed by atoms with E-state index < -0.39 is 0 Å². The van der Waals surface area contributed by atoms with E-state index in [1.165, 1.54) is 10.4 Å². The summed E-state index contributed by atoms with van der Waals surface area (Å²) in [5, 5.41) is 5.54. The first kappa shape index (κ1) is 14.1. The third-order valence-corrected chi connectivity index (χ3v) is 5.96. The number of fused-ring (bicyclic) bond motifs is 1. The fraction of sp³-hybridized carbons (Fsp3) is 0.688. The predicted octanol–water partition coefficient (Wildman–Crippen LogP) is 2.97. The standard InChI is InChI=1S/C16H24N2OS/c1-3-13-12-5-11-20-14(12)4-10-18(13)15(19)16(2)6-8-17-9-7-16/h5,11,13,17H,3-4,6-10H2,1-2H3. The van der Waals surface area contributed by atoms with Gasteiger partial charge in [-0.1, -0.05) is 13.8 Å². The number of carbonyl (C=O) groups excluding carboxylic acids is 1. The first-order valence-corrected chi connectivity index (χ1v) is 8.62. The molecule has 20 heavy (non-hydrogen) atoms. The smallest absolute Gasteiger partial charge is 0.229 e. The average Bonchev–Trinajstić information content (AvgIpc) is 2.94. The molecule has 1 saturated heterocycles. The van der Waals surface area contributed by atoms with Crippen LogP contribution in [0.15, 0.2) is 11.4 Å². The molecule has 1 amide bonds. The van der Waals surface area contributed by atoms with Gasteiger partial charge in [-0.2, -0.15) is 0 Å². The van der Waals surface area contributed by atoms with Crippen LogP contribution in [0.1, 0.15) is 49.6 Å². The van der Waals surface area contributed by atoms with Gasteiger partial charge in [0.05, 0.1) is 6.04 Å². The van der Waals surface area contributed by atoms with Crippen molar-refractivity contribution in [2.75, 3.05) is 19.6 Å². The number of hydrogen-bond acceptors (Lipinski definition) is 3. The highest BCUT2D eigenvalue weighted by Gasteiger charge is 2.41. The Morgan fingerprint density at radius 2 is 2.25 bits per heavy atom. The molecule has 1 aromatic rings. The Kier molecular flexibility index (Phi) is 3.87. The maximum atomic E-state index is 13.1. The van der Waals surface area contributed by atoms with E-state index >= 15 is 0 Å². The summed E-state index contributed by atoms with van der Waals surface area (Å²) in [5.41, 5.74) is 1.24. The SMILES string of the molecule is CCC1c2ccsc2CCN1C(=O)C1(C)CCNCC1. The Hall–Kier alpha value is -0.870. The zero-order valence-electron chi connectivity index (χ0n) is 12.4. The van der Waals surface area contributed by atoms with Crippen LogP contribution in [-0.2, 0) is 11.2 Å². The van der Waals surface area contributed by atoms with Crippen LogP contribution < -0.4 is 5.32 Å². The van der Waals surface area contributed by atoms with Gasteiger partial charge >= 0.3 is 0 Å². The number of nitrogens with one attached hydrogen (secondary N) is 1. The molecule has 3 nitrogen and oxygen atoms in total. The zero-order chi connectivity index (χ0) is 14.2. The Bertz CT molecular complexity index is 490. The molecule has 2 aliphatic rings. The summed E-state index contributed by atoms with van der Waals surface area (Å²) in [6.07, 6.45) is 3.98. The van der Waals surface area contributed by atoms with Crippen molar-refractivity contribution in [2.45, 2.75) is 45.6 Å². The number of hydrogen-bond donors (Lipinski definition) is 1. The molecule has 1 atom stereocenters. The van der Waals surface area contributed by atoms with E-state index in [9.17, 15) is 4.79 Å². The maximum Gasteiger partial charge on any atom is 0.229 e. The first-order valence-electron chi connectivity index (χ1n) is 7.74. The van der Waals surface area contributed by atoms with Crippen LogP contribution in [0.25, 0.3) is 0 Å². The Labute approximate surface area is 125 Å². The summed E-state index contributed by atoms with van der Waals surface area (Å²) < 4.78 is 0. The minimum atomic E-state index is -0.161. The molecule has 0 saturated carbocycles. The van der Waals surface area contributed by atoms with Crippen molar-refractivity contribution in [2.24, 2.45) is 5.41 Å². The van der Waals surface area contributed by atoms with Crippen LogP contribution in [0.4, 0.5) is 0 Å². The van der Waals surface area contributed by atoms with E-state index in [0.717, 1.165) is 45.3 Å². The van der Waals surface area contributed by atoms with Gasteiger partial charge in [0, 0.05) is 16.8 Å². The largest absolute Gasteiger partial charge is 0.335 e. The van der Waals surface area contributed by atoms with Gasteiger partial charge in [0.15, 0.2) is 0 Å². The summed E-state index contributed by atoms with van der Waals surface area (Å²) in [4.78, 5) is 16.7. The molecule has 1 N–H and O–H groups in total. The summed E-state index contributed by atoms with van der Waals surface area (Å²) >= 11 is 1.84. The van der Waals surface area contributed by atoms with Gasteiger partial charge in [0.1, 0.15) is 0 Å². The van der Waals surface area contributed by atoms with Crippen molar-refractivity contribution < 1.29 is 4.79 Å². The topological polar surface area (TPSA) is 32.3 Å². The van der Waals surface area contributed by atoms with E-state index in [2.05, 4.69) is 35.5 Å². The maximum absolute atomic E-state index is 13.1. The van der Waals surface area contributed by atoms with Crippen LogP contribution >= 0.6 is 11.3 Å². The molecule has 2 aliphatic heterocycles. The van der Waals surface area contributed by atoms with Crippen molar-refractivity contribution in [1.82, 2.24) is 10.2 Å². The van der Waals surface area contributed by atoms with Crippen molar-refractivity contribution >= 4 is 17.2 Å². The lowest BCUT2D eigenvalue weighted by Gasteiger charge is -2.42. The minimum Gasteiger partial charge on any atom is -0.335 e. The minimum absolute atomic E-state index is 0.161. The molecule has 1 fully saturated rings. The average molecular weight is 292 g/mol. The molecule has 3 heterocycles. The normalized spacial score (nSPS) is 25.3. The van der Waals surface area contributed by atoms with Crippen LogP contribution in [0.2, 0.25) is 0 Å². The molecular formula is C16H24N2OS. The Morgan fingerprint density at radius 1 is 1.50 bits per heavy atom. The lowest BCUT2D eigenvalue weighted by atomic mass is 9.78. The number of piperidine rings is 1. The molecular weight excluding hydrogens is 268 g/mol. The summed E-state index contributed by atoms with van der Waals surface area (Å²) in [7, 11) is 0. The van der Waals surface area contributed by atoms with Gasteiger partial charge in [-0.25, -0.2) is 0 Å². The highest BCUT2D eigenvalue weighted by molar-refractivity contribution is 7.10. The van der Waals surface area contributed by atoms with Crippen molar-refractivity contribution in [3.05, 3.63) is 21.9 Å². The number of rotatable bonds is 2.